The van der Waals surface area contributed by atoms with Crippen molar-refractivity contribution in [1.29, 1.82) is 0 Å². The third-order valence-corrected chi connectivity index (χ3v) is 3.42. The lowest BCUT2D eigenvalue weighted by molar-refractivity contribution is 0.104. The Balaban J connectivity index is 1.86. The highest BCUT2D eigenvalue weighted by molar-refractivity contribution is 9.10. The van der Waals surface area contributed by atoms with Crippen molar-refractivity contribution >= 4 is 21.7 Å². The van der Waals surface area contributed by atoms with Gasteiger partial charge in [0.25, 0.3) is 0 Å². The average Bonchev–Trinajstić information content (AvgIpc) is 2.52. The summed E-state index contributed by atoms with van der Waals surface area (Å²) in [6.45, 7) is 0.659. The molecule has 0 aromatic heterocycles. The second-order valence-electron chi connectivity index (χ2n) is 4.44. The van der Waals surface area contributed by atoms with E-state index in [2.05, 4.69) is 21.2 Å². The number of hydrogen-bond acceptors (Lipinski definition) is 3. The highest BCUT2D eigenvalue weighted by Gasteiger charge is 2.01. The summed E-state index contributed by atoms with van der Waals surface area (Å²) in [4.78, 5) is 11.9. The molecule has 0 atom stereocenters. The zero-order valence-electron chi connectivity index (χ0n) is 11.7. The van der Waals surface area contributed by atoms with Gasteiger partial charge in [0.05, 0.1) is 7.11 Å². The summed E-state index contributed by atoms with van der Waals surface area (Å²) >= 11 is 3.35. The van der Waals surface area contributed by atoms with E-state index in [-0.39, 0.29) is 5.78 Å². The van der Waals surface area contributed by atoms with Crippen LogP contribution in [0.25, 0.3) is 0 Å². The molecule has 0 aliphatic rings. The minimum atomic E-state index is -0.0291. The first-order valence-corrected chi connectivity index (χ1v) is 7.31. The Morgan fingerprint density at radius 2 is 2.00 bits per heavy atom. The van der Waals surface area contributed by atoms with Crippen LogP contribution in [0.2, 0.25) is 0 Å². The van der Waals surface area contributed by atoms with E-state index in [1.165, 1.54) is 6.08 Å². The number of nitrogens with one attached hydrogen (secondary N) is 1. The Hall–Kier alpha value is -2.07. The molecule has 0 radical (unpaired) electrons. The molecule has 0 unspecified atom stereocenters. The standard InChI is InChI=1S/C17H16BrNO2/c1-21-16-7-5-13(6-8-16)12-19-10-9-17(20)14-3-2-4-15(18)11-14/h2-11,19H,12H2,1H3/b10-9+. The minimum absolute atomic E-state index is 0.0291. The number of hydrogen-bond donors (Lipinski definition) is 1. The first-order chi connectivity index (χ1) is 10.2. The maximum Gasteiger partial charge on any atom is 0.187 e. The maximum atomic E-state index is 11.9. The summed E-state index contributed by atoms with van der Waals surface area (Å²) in [6, 6.07) is 15.1. The molecule has 2 rings (SSSR count). The second kappa shape index (κ2) is 7.64. The van der Waals surface area contributed by atoms with Gasteiger partial charge in [-0.05, 0) is 29.8 Å². The van der Waals surface area contributed by atoms with Crippen molar-refractivity contribution in [1.82, 2.24) is 5.32 Å². The highest BCUT2D eigenvalue weighted by Crippen LogP contribution is 2.12. The van der Waals surface area contributed by atoms with Gasteiger partial charge in [-0.1, -0.05) is 40.2 Å². The predicted octanol–water partition coefficient (Wildman–Crippen LogP) is 3.94. The lowest BCUT2D eigenvalue weighted by Gasteiger charge is -2.03. The molecule has 0 aliphatic carbocycles. The van der Waals surface area contributed by atoms with Crippen molar-refractivity contribution in [3.63, 3.8) is 0 Å². The number of allylic oxidation sites excluding steroid dienone is 1. The number of carbonyl (C=O) groups excluding carboxylic acids is 1. The Bertz CT molecular complexity index is 635. The number of ketones is 1. The molecule has 0 amide bonds. The van der Waals surface area contributed by atoms with Crippen molar-refractivity contribution in [2.75, 3.05) is 7.11 Å². The first-order valence-electron chi connectivity index (χ1n) is 6.52. The van der Waals surface area contributed by atoms with Gasteiger partial charge >= 0.3 is 0 Å². The monoisotopic (exact) mass is 345 g/mol. The minimum Gasteiger partial charge on any atom is -0.497 e. The number of methoxy groups -OCH3 is 1. The number of rotatable bonds is 6. The summed E-state index contributed by atoms with van der Waals surface area (Å²) in [7, 11) is 1.64. The number of ether oxygens (including phenoxy) is 1. The van der Waals surface area contributed by atoms with Gasteiger partial charge in [0.1, 0.15) is 5.75 Å². The molecule has 1 N–H and O–H groups in total. The van der Waals surface area contributed by atoms with Crippen molar-refractivity contribution < 1.29 is 9.53 Å². The van der Waals surface area contributed by atoms with Gasteiger partial charge in [-0.15, -0.1) is 0 Å². The lowest BCUT2D eigenvalue weighted by atomic mass is 10.1. The third kappa shape index (κ3) is 4.76. The van der Waals surface area contributed by atoms with Crippen molar-refractivity contribution in [2.45, 2.75) is 6.54 Å². The Morgan fingerprint density at radius 1 is 1.24 bits per heavy atom. The molecular formula is C17H16BrNO2. The summed E-state index contributed by atoms with van der Waals surface area (Å²) in [5.41, 5.74) is 1.78. The molecule has 3 nitrogen and oxygen atoms in total. The lowest BCUT2D eigenvalue weighted by Crippen LogP contribution is -2.05. The quantitative estimate of drug-likeness (QED) is 0.636. The van der Waals surface area contributed by atoms with Gasteiger partial charge in [0, 0.05) is 28.9 Å². The van der Waals surface area contributed by atoms with E-state index in [1.54, 1.807) is 25.4 Å². The molecule has 0 bridgehead atoms. The van der Waals surface area contributed by atoms with Gasteiger partial charge in [0.15, 0.2) is 5.78 Å². The van der Waals surface area contributed by atoms with Crippen LogP contribution in [0.1, 0.15) is 15.9 Å². The summed E-state index contributed by atoms with van der Waals surface area (Å²) in [5, 5.41) is 3.10. The Labute approximate surface area is 132 Å². The van der Waals surface area contributed by atoms with E-state index in [1.807, 2.05) is 36.4 Å². The molecule has 108 valence electrons. The van der Waals surface area contributed by atoms with Crippen molar-refractivity contribution in [2.24, 2.45) is 0 Å². The summed E-state index contributed by atoms with van der Waals surface area (Å²) in [5.74, 6) is 0.803. The fourth-order valence-electron chi connectivity index (χ4n) is 1.79. The molecular weight excluding hydrogens is 330 g/mol. The molecule has 0 saturated heterocycles. The first kappa shape index (κ1) is 15.3. The van der Waals surface area contributed by atoms with Gasteiger partial charge in [-0.2, -0.15) is 0 Å². The van der Waals surface area contributed by atoms with E-state index in [0.29, 0.717) is 12.1 Å². The van der Waals surface area contributed by atoms with Gasteiger partial charge in [-0.25, -0.2) is 0 Å². The van der Waals surface area contributed by atoms with Gasteiger partial charge in [0.2, 0.25) is 0 Å². The zero-order valence-corrected chi connectivity index (χ0v) is 13.3. The predicted molar refractivity (Wildman–Crippen MR) is 87.4 cm³/mol. The fourth-order valence-corrected chi connectivity index (χ4v) is 2.19. The van der Waals surface area contributed by atoms with Crippen LogP contribution >= 0.6 is 15.9 Å². The Morgan fingerprint density at radius 3 is 2.67 bits per heavy atom. The summed E-state index contributed by atoms with van der Waals surface area (Å²) in [6.07, 6.45) is 3.21. The SMILES string of the molecule is COc1ccc(CN/C=C/C(=O)c2cccc(Br)c2)cc1. The second-order valence-corrected chi connectivity index (χ2v) is 5.35. The molecule has 0 fully saturated rings. The van der Waals surface area contributed by atoms with Crippen LogP contribution in [0.15, 0.2) is 65.3 Å². The molecule has 4 heteroatoms. The molecule has 0 saturated carbocycles. The topological polar surface area (TPSA) is 38.3 Å². The van der Waals surface area contributed by atoms with E-state index in [4.69, 9.17) is 4.74 Å². The normalized spacial score (nSPS) is 10.6. The van der Waals surface area contributed by atoms with E-state index in [9.17, 15) is 4.79 Å². The molecule has 0 spiro atoms. The summed E-state index contributed by atoms with van der Waals surface area (Å²) < 4.78 is 6.00. The largest absolute Gasteiger partial charge is 0.497 e. The van der Waals surface area contributed by atoms with Crippen LogP contribution in [0.4, 0.5) is 0 Å². The van der Waals surface area contributed by atoms with E-state index < -0.39 is 0 Å². The number of carbonyl (C=O) groups is 1. The van der Waals surface area contributed by atoms with E-state index in [0.717, 1.165) is 15.8 Å². The van der Waals surface area contributed by atoms with Crippen LogP contribution in [0.5, 0.6) is 5.75 Å². The highest BCUT2D eigenvalue weighted by atomic mass is 79.9. The molecule has 0 heterocycles. The van der Waals surface area contributed by atoms with Crippen molar-refractivity contribution in [3.8, 4) is 5.75 Å². The molecule has 0 aliphatic heterocycles. The van der Waals surface area contributed by atoms with E-state index >= 15 is 0 Å². The Kier molecular flexibility index (Phi) is 5.58. The average molecular weight is 346 g/mol. The van der Waals surface area contributed by atoms with Gasteiger partial charge < -0.3 is 10.1 Å². The van der Waals surface area contributed by atoms with Crippen LogP contribution in [-0.4, -0.2) is 12.9 Å². The van der Waals surface area contributed by atoms with Crippen LogP contribution < -0.4 is 10.1 Å². The number of benzene rings is 2. The van der Waals surface area contributed by atoms with Gasteiger partial charge in [-0.3, -0.25) is 4.79 Å². The fraction of sp³-hybridized carbons (Fsp3) is 0.118. The molecule has 2 aromatic rings. The van der Waals surface area contributed by atoms with Crippen LogP contribution in [0, 0.1) is 0 Å². The number of halogens is 1. The van der Waals surface area contributed by atoms with Crippen molar-refractivity contribution in [3.05, 3.63) is 76.4 Å². The molecule has 21 heavy (non-hydrogen) atoms. The zero-order chi connectivity index (χ0) is 15.1. The smallest absolute Gasteiger partial charge is 0.187 e. The maximum absolute atomic E-state index is 11.9. The van der Waals surface area contributed by atoms with Crippen LogP contribution in [-0.2, 0) is 6.54 Å². The van der Waals surface area contributed by atoms with Crippen LogP contribution in [0.3, 0.4) is 0 Å². The molecule has 2 aromatic carbocycles. The third-order valence-electron chi connectivity index (χ3n) is 2.93.